The van der Waals surface area contributed by atoms with Crippen molar-refractivity contribution in [3.63, 3.8) is 0 Å². The molecule has 2 saturated heterocycles. The quantitative estimate of drug-likeness (QED) is 0.222. The van der Waals surface area contributed by atoms with E-state index in [-0.39, 0.29) is 36.4 Å². The summed E-state index contributed by atoms with van der Waals surface area (Å²) >= 11 is 0. The number of aromatic hydroxyl groups is 1. The molecule has 11 heteroatoms. The molecule has 0 radical (unpaired) electrons. The Labute approximate surface area is 235 Å². The Hall–Kier alpha value is -3.02. The van der Waals surface area contributed by atoms with Crippen LogP contribution in [0.2, 0.25) is 0 Å². The molecule has 5 N–H and O–H groups in total. The van der Waals surface area contributed by atoms with Crippen LogP contribution < -0.4 is 21.3 Å². The number of benzene rings is 1. The molecule has 0 spiro atoms. The number of amides is 3. The molecule has 220 valence electrons. The number of rotatable bonds is 13. The highest BCUT2D eigenvalue weighted by Crippen LogP contribution is 2.33. The molecule has 1 unspecified atom stereocenters. The average Bonchev–Trinajstić information content (AvgIpc) is 3.47. The molecule has 2 heterocycles. The molecule has 1 aliphatic carbocycles. The van der Waals surface area contributed by atoms with E-state index >= 15 is 0 Å². The number of hydrogen-bond acceptors (Lipinski definition) is 8. The second-order valence-electron chi connectivity index (χ2n) is 11.5. The summed E-state index contributed by atoms with van der Waals surface area (Å²) in [6.45, 7) is 5.44. The van der Waals surface area contributed by atoms with Crippen molar-refractivity contribution in [1.29, 1.82) is 0 Å². The molecule has 0 bridgehead atoms. The van der Waals surface area contributed by atoms with Gasteiger partial charge in [-0.1, -0.05) is 37.8 Å². The highest BCUT2D eigenvalue weighted by atomic mass is 16.6. The highest BCUT2D eigenvalue weighted by molar-refractivity contribution is 5.98. The maximum absolute atomic E-state index is 13.6. The third-order valence-corrected chi connectivity index (χ3v) is 7.97. The van der Waals surface area contributed by atoms with Gasteiger partial charge >= 0.3 is 0 Å². The first-order valence-electron chi connectivity index (χ1n) is 14.3. The Morgan fingerprint density at radius 3 is 2.35 bits per heavy atom. The Morgan fingerprint density at radius 1 is 1.05 bits per heavy atom. The standard InChI is InChI=1S/C29H42N4O7/c1-18(31-25(35)15-22-16-30-11-12-39-22)27(37)33-24(14-20-7-9-21(34)10-8-20)28(38)32-23(13-19-5-3-4-6-19)26(36)29(2)17-40-29/h7-10,18-19,22-24,30,34H,3-6,11-17H2,1-2H3,(H,31,35)(H,32,38)(H,33,37)/t18-,22?,23-,24-,29+/m0/s1. The molecule has 1 aromatic rings. The van der Waals surface area contributed by atoms with E-state index in [1.165, 1.54) is 12.1 Å². The van der Waals surface area contributed by atoms with Gasteiger partial charge in [0.25, 0.3) is 0 Å². The lowest BCUT2D eigenvalue weighted by atomic mass is 9.90. The van der Waals surface area contributed by atoms with Gasteiger partial charge in [-0.25, -0.2) is 0 Å². The SMILES string of the molecule is C[C@H](NC(=O)CC1CNCCO1)C(=O)N[C@@H](Cc1ccc(O)cc1)C(=O)N[C@@H](CC1CCCC1)C(=O)[C@@]1(C)CO1. The predicted molar refractivity (Wildman–Crippen MR) is 146 cm³/mol. The van der Waals surface area contributed by atoms with Gasteiger partial charge in [-0.2, -0.15) is 0 Å². The summed E-state index contributed by atoms with van der Waals surface area (Å²) in [5.74, 6) is -1.05. The maximum Gasteiger partial charge on any atom is 0.243 e. The Morgan fingerprint density at radius 2 is 1.73 bits per heavy atom. The van der Waals surface area contributed by atoms with E-state index in [4.69, 9.17) is 9.47 Å². The van der Waals surface area contributed by atoms with Gasteiger partial charge in [0, 0.05) is 19.5 Å². The van der Waals surface area contributed by atoms with Crippen LogP contribution in [0, 0.1) is 5.92 Å². The Balaban J connectivity index is 1.42. The fraction of sp³-hybridized carbons (Fsp3) is 0.655. The van der Waals surface area contributed by atoms with Gasteiger partial charge in [-0.3, -0.25) is 19.2 Å². The minimum Gasteiger partial charge on any atom is -0.508 e. The van der Waals surface area contributed by atoms with Crippen LogP contribution in [-0.2, 0) is 35.1 Å². The second kappa shape index (κ2) is 13.6. The maximum atomic E-state index is 13.6. The van der Waals surface area contributed by atoms with Crippen molar-refractivity contribution in [2.24, 2.45) is 5.92 Å². The van der Waals surface area contributed by atoms with Crippen LogP contribution in [0.3, 0.4) is 0 Å². The number of morpholine rings is 1. The molecule has 4 rings (SSSR count). The number of hydrogen-bond donors (Lipinski definition) is 5. The minimum atomic E-state index is -1.01. The number of Topliss-reactive ketones (excluding diaryl/α,β-unsaturated/α-hetero) is 1. The first-order chi connectivity index (χ1) is 19.1. The van der Waals surface area contributed by atoms with Gasteiger partial charge in [-0.05, 0) is 43.9 Å². The van der Waals surface area contributed by atoms with Crippen LogP contribution in [0.1, 0.15) is 57.9 Å². The minimum absolute atomic E-state index is 0.0853. The zero-order valence-electron chi connectivity index (χ0n) is 23.4. The van der Waals surface area contributed by atoms with E-state index < -0.39 is 35.5 Å². The van der Waals surface area contributed by atoms with Crippen LogP contribution in [0.25, 0.3) is 0 Å². The molecule has 1 aromatic carbocycles. The topological polar surface area (TPSA) is 158 Å². The van der Waals surface area contributed by atoms with Crippen molar-refractivity contribution < 1.29 is 33.8 Å². The van der Waals surface area contributed by atoms with Crippen LogP contribution in [0.5, 0.6) is 5.75 Å². The fourth-order valence-corrected chi connectivity index (χ4v) is 5.40. The van der Waals surface area contributed by atoms with Gasteiger partial charge < -0.3 is 35.8 Å². The van der Waals surface area contributed by atoms with Crippen LogP contribution in [0.4, 0.5) is 0 Å². The third-order valence-electron chi connectivity index (χ3n) is 7.97. The highest BCUT2D eigenvalue weighted by Gasteiger charge is 2.50. The molecule has 3 amide bonds. The molecule has 11 nitrogen and oxygen atoms in total. The Kier molecular flexibility index (Phi) is 10.2. The Bertz CT molecular complexity index is 1050. The molecular weight excluding hydrogens is 516 g/mol. The van der Waals surface area contributed by atoms with Crippen molar-refractivity contribution in [2.75, 3.05) is 26.3 Å². The summed E-state index contributed by atoms with van der Waals surface area (Å²) in [6, 6.07) is 3.74. The van der Waals surface area contributed by atoms with E-state index in [0.717, 1.165) is 32.2 Å². The summed E-state index contributed by atoms with van der Waals surface area (Å²) < 4.78 is 11.0. The summed E-state index contributed by atoms with van der Waals surface area (Å²) in [6.07, 6.45) is 4.79. The summed E-state index contributed by atoms with van der Waals surface area (Å²) in [7, 11) is 0. The second-order valence-corrected chi connectivity index (χ2v) is 11.5. The van der Waals surface area contributed by atoms with E-state index in [1.54, 1.807) is 26.0 Å². The zero-order chi connectivity index (χ0) is 28.7. The summed E-state index contributed by atoms with van der Waals surface area (Å²) in [5, 5.41) is 21.2. The van der Waals surface area contributed by atoms with Crippen molar-refractivity contribution in [3.8, 4) is 5.75 Å². The lowest BCUT2D eigenvalue weighted by Gasteiger charge is -2.27. The number of carbonyl (C=O) groups is 4. The molecule has 1 saturated carbocycles. The summed E-state index contributed by atoms with van der Waals surface area (Å²) in [4.78, 5) is 52.5. The van der Waals surface area contributed by atoms with Crippen molar-refractivity contribution in [2.45, 2.75) is 88.6 Å². The van der Waals surface area contributed by atoms with Crippen LogP contribution in [0.15, 0.2) is 24.3 Å². The first-order valence-corrected chi connectivity index (χ1v) is 14.3. The number of epoxide rings is 1. The van der Waals surface area contributed by atoms with Crippen molar-refractivity contribution in [1.82, 2.24) is 21.3 Å². The molecule has 0 aromatic heterocycles. The molecular formula is C29H42N4O7. The van der Waals surface area contributed by atoms with Gasteiger partial charge in [0.2, 0.25) is 17.7 Å². The lowest BCUT2D eigenvalue weighted by molar-refractivity contribution is -0.134. The largest absolute Gasteiger partial charge is 0.508 e. The van der Waals surface area contributed by atoms with E-state index in [2.05, 4.69) is 21.3 Å². The third kappa shape index (κ3) is 8.49. The van der Waals surface area contributed by atoms with Gasteiger partial charge in [0.1, 0.15) is 23.4 Å². The van der Waals surface area contributed by atoms with Gasteiger partial charge in [0.05, 0.1) is 31.8 Å². The number of ether oxygens (including phenoxy) is 2. The number of phenolic OH excluding ortho intramolecular Hbond substituents is 1. The van der Waals surface area contributed by atoms with E-state index in [1.807, 2.05) is 0 Å². The van der Waals surface area contributed by atoms with Crippen LogP contribution >= 0.6 is 0 Å². The first kappa shape index (κ1) is 30.0. The number of ketones is 1. The van der Waals surface area contributed by atoms with Crippen molar-refractivity contribution >= 4 is 23.5 Å². The van der Waals surface area contributed by atoms with E-state index in [0.29, 0.717) is 37.7 Å². The molecule has 5 atom stereocenters. The lowest BCUT2D eigenvalue weighted by Crippen LogP contribution is -2.57. The molecule has 40 heavy (non-hydrogen) atoms. The monoisotopic (exact) mass is 558 g/mol. The van der Waals surface area contributed by atoms with E-state index in [9.17, 15) is 24.3 Å². The summed E-state index contributed by atoms with van der Waals surface area (Å²) in [5.41, 5.74) is -0.171. The zero-order valence-corrected chi connectivity index (χ0v) is 23.4. The normalized spacial score (nSPS) is 24.9. The van der Waals surface area contributed by atoms with Crippen molar-refractivity contribution in [3.05, 3.63) is 29.8 Å². The van der Waals surface area contributed by atoms with Crippen LogP contribution in [-0.4, -0.2) is 84.7 Å². The molecule has 3 aliphatic rings. The molecule has 2 aliphatic heterocycles. The number of phenols is 1. The fourth-order valence-electron chi connectivity index (χ4n) is 5.40. The number of carbonyl (C=O) groups excluding carboxylic acids is 4. The predicted octanol–water partition coefficient (Wildman–Crippen LogP) is 0.726. The number of nitrogens with one attached hydrogen (secondary N) is 4. The smallest absolute Gasteiger partial charge is 0.243 e. The molecule has 3 fully saturated rings. The average molecular weight is 559 g/mol. The van der Waals surface area contributed by atoms with Gasteiger partial charge in [0.15, 0.2) is 5.78 Å². The van der Waals surface area contributed by atoms with Gasteiger partial charge in [-0.15, -0.1) is 0 Å².